The second-order valence-corrected chi connectivity index (χ2v) is 9.62. The Kier molecular flexibility index (Phi) is 5.57. The van der Waals surface area contributed by atoms with Crippen LogP contribution < -0.4 is 9.62 Å². The zero-order valence-corrected chi connectivity index (χ0v) is 18.1. The van der Waals surface area contributed by atoms with Crippen LogP contribution in [0, 0.1) is 0 Å². The summed E-state index contributed by atoms with van der Waals surface area (Å²) in [6, 6.07) is 11.5. The van der Waals surface area contributed by atoms with Gasteiger partial charge < -0.3 is 9.80 Å². The molecule has 0 bridgehead atoms. The number of pyridine rings is 1. The van der Waals surface area contributed by atoms with Crippen molar-refractivity contribution in [2.75, 3.05) is 42.8 Å². The molecule has 1 aliphatic heterocycles. The third-order valence-electron chi connectivity index (χ3n) is 4.96. The zero-order chi connectivity index (χ0) is 20.6. The van der Waals surface area contributed by atoms with Gasteiger partial charge in [-0.05, 0) is 49.5 Å². The fourth-order valence-electron chi connectivity index (χ4n) is 3.42. The van der Waals surface area contributed by atoms with Gasteiger partial charge in [0.25, 0.3) is 10.0 Å². The molecule has 0 radical (unpaired) electrons. The van der Waals surface area contributed by atoms with Crippen molar-refractivity contribution in [2.24, 2.45) is 0 Å². The summed E-state index contributed by atoms with van der Waals surface area (Å²) in [5.41, 5.74) is 2.32. The number of likely N-dealkylation sites (N-methyl/N-ethyl adjacent to an activating group) is 1. The van der Waals surface area contributed by atoms with Gasteiger partial charge in [-0.25, -0.2) is 8.42 Å². The Morgan fingerprint density at radius 1 is 0.966 bits per heavy atom. The minimum Gasteiger partial charge on any atom is -0.368 e. The standard InChI is InChI=1S/C20H20Cl2N4O2S/c1-25-6-8-26(9-7-25)20-4-5-23-19-3-2-16(13-18(19)20)24-29(27,28)17-11-14(21)10-15(22)12-17/h2-5,10-13,24H,6-9H2,1H3. The fraction of sp³-hybridized carbons (Fsp3) is 0.250. The van der Waals surface area contributed by atoms with Crippen molar-refractivity contribution < 1.29 is 8.42 Å². The lowest BCUT2D eigenvalue weighted by Gasteiger charge is -2.34. The molecule has 2 heterocycles. The van der Waals surface area contributed by atoms with E-state index in [1.54, 1.807) is 12.3 Å². The van der Waals surface area contributed by atoms with E-state index in [0.29, 0.717) is 5.69 Å². The van der Waals surface area contributed by atoms with Gasteiger partial charge in [-0.3, -0.25) is 9.71 Å². The van der Waals surface area contributed by atoms with E-state index in [9.17, 15) is 8.42 Å². The first-order chi connectivity index (χ1) is 13.8. The molecule has 6 nitrogen and oxygen atoms in total. The Bertz CT molecular complexity index is 1140. The molecule has 4 rings (SSSR count). The van der Waals surface area contributed by atoms with E-state index in [2.05, 4.69) is 26.6 Å². The number of halogens is 2. The van der Waals surface area contributed by atoms with Crippen LogP contribution in [0.5, 0.6) is 0 Å². The molecule has 152 valence electrons. The number of hydrogen-bond acceptors (Lipinski definition) is 5. The summed E-state index contributed by atoms with van der Waals surface area (Å²) in [5, 5.41) is 1.43. The normalized spacial score (nSPS) is 15.6. The maximum atomic E-state index is 12.8. The molecule has 0 aliphatic carbocycles. The fourth-order valence-corrected chi connectivity index (χ4v) is 5.19. The second kappa shape index (κ2) is 7.99. The van der Waals surface area contributed by atoms with Crippen molar-refractivity contribution >= 4 is 55.5 Å². The van der Waals surface area contributed by atoms with Crippen molar-refractivity contribution in [3.05, 3.63) is 58.7 Å². The quantitative estimate of drug-likeness (QED) is 0.647. The average Bonchev–Trinajstić information content (AvgIpc) is 2.67. The van der Waals surface area contributed by atoms with Crippen LogP contribution >= 0.6 is 23.2 Å². The molecule has 0 saturated carbocycles. The van der Waals surface area contributed by atoms with Crippen molar-refractivity contribution in [3.8, 4) is 0 Å². The first kappa shape index (κ1) is 20.2. The molecule has 1 aromatic heterocycles. The third-order valence-corrected chi connectivity index (χ3v) is 6.76. The third kappa shape index (κ3) is 4.43. The molecule has 0 spiro atoms. The summed E-state index contributed by atoms with van der Waals surface area (Å²) in [6.07, 6.45) is 1.79. The van der Waals surface area contributed by atoms with Crippen molar-refractivity contribution in [1.29, 1.82) is 0 Å². The van der Waals surface area contributed by atoms with Crippen molar-refractivity contribution in [1.82, 2.24) is 9.88 Å². The second-order valence-electron chi connectivity index (χ2n) is 7.06. The van der Waals surface area contributed by atoms with Crippen LogP contribution in [-0.4, -0.2) is 51.5 Å². The number of nitrogens with zero attached hydrogens (tertiary/aromatic N) is 3. The van der Waals surface area contributed by atoms with Crippen LogP contribution in [0.15, 0.2) is 53.6 Å². The Balaban J connectivity index is 1.69. The van der Waals surface area contributed by atoms with Gasteiger partial charge in [0, 0.05) is 59.2 Å². The summed E-state index contributed by atoms with van der Waals surface area (Å²) in [5.74, 6) is 0. The zero-order valence-electron chi connectivity index (χ0n) is 15.8. The highest BCUT2D eigenvalue weighted by Crippen LogP contribution is 2.30. The number of hydrogen-bond donors (Lipinski definition) is 1. The number of rotatable bonds is 4. The molecular formula is C20H20Cl2N4O2S. The summed E-state index contributed by atoms with van der Waals surface area (Å²) < 4.78 is 28.2. The topological polar surface area (TPSA) is 65.5 Å². The van der Waals surface area contributed by atoms with Gasteiger partial charge in [0.15, 0.2) is 0 Å². The number of benzene rings is 2. The smallest absolute Gasteiger partial charge is 0.261 e. The molecule has 0 unspecified atom stereocenters. The Hall–Kier alpha value is -2.06. The lowest BCUT2D eigenvalue weighted by Crippen LogP contribution is -2.44. The number of aromatic nitrogens is 1. The van der Waals surface area contributed by atoms with E-state index in [4.69, 9.17) is 23.2 Å². The number of nitrogens with one attached hydrogen (secondary N) is 1. The van der Waals surface area contributed by atoms with Crippen LogP contribution in [0.25, 0.3) is 10.9 Å². The van der Waals surface area contributed by atoms with Crippen LogP contribution in [-0.2, 0) is 10.0 Å². The Morgan fingerprint density at radius 3 is 2.34 bits per heavy atom. The van der Waals surface area contributed by atoms with E-state index in [-0.39, 0.29) is 14.9 Å². The number of fused-ring (bicyclic) bond motifs is 1. The Morgan fingerprint density at radius 2 is 1.66 bits per heavy atom. The largest absolute Gasteiger partial charge is 0.368 e. The highest BCUT2D eigenvalue weighted by atomic mass is 35.5. The SMILES string of the molecule is CN1CCN(c2ccnc3ccc(NS(=O)(=O)c4cc(Cl)cc(Cl)c4)cc23)CC1. The number of anilines is 2. The maximum Gasteiger partial charge on any atom is 0.261 e. The van der Waals surface area contributed by atoms with Gasteiger partial charge in [-0.1, -0.05) is 23.2 Å². The summed E-state index contributed by atoms with van der Waals surface area (Å²) in [6.45, 7) is 3.77. The highest BCUT2D eigenvalue weighted by Gasteiger charge is 2.19. The minimum absolute atomic E-state index is 0.0144. The molecule has 29 heavy (non-hydrogen) atoms. The summed E-state index contributed by atoms with van der Waals surface area (Å²) in [4.78, 5) is 9.03. The molecule has 9 heteroatoms. The molecule has 0 atom stereocenters. The van der Waals surface area contributed by atoms with E-state index in [1.807, 2.05) is 18.2 Å². The van der Waals surface area contributed by atoms with E-state index in [1.165, 1.54) is 18.2 Å². The van der Waals surface area contributed by atoms with Crippen molar-refractivity contribution in [3.63, 3.8) is 0 Å². The van der Waals surface area contributed by atoms with Gasteiger partial charge >= 0.3 is 0 Å². The lowest BCUT2D eigenvalue weighted by molar-refractivity contribution is 0.313. The molecule has 0 amide bonds. The molecule has 1 saturated heterocycles. The molecule has 3 aromatic rings. The molecule has 1 fully saturated rings. The van der Waals surface area contributed by atoms with Gasteiger partial charge in [0.1, 0.15) is 0 Å². The van der Waals surface area contributed by atoms with Gasteiger partial charge in [-0.2, -0.15) is 0 Å². The first-order valence-corrected chi connectivity index (χ1v) is 11.4. The van der Waals surface area contributed by atoms with E-state index in [0.717, 1.165) is 42.8 Å². The molecule has 1 N–H and O–H groups in total. The van der Waals surface area contributed by atoms with E-state index < -0.39 is 10.0 Å². The Labute approximate surface area is 180 Å². The monoisotopic (exact) mass is 450 g/mol. The first-order valence-electron chi connectivity index (χ1n) is 9.13. The number of piperazine rings is 1. The number of sulfonamides is 1. The van der Waals surface area contributed by atoms with Crippen LogP contribution in [0.1, 0.15) is 0 Å². The van der Waals surface area contributed by atoms with E-state index >= 15 is 0 Å². The molecular weight excluding hydrogens is 431 g/mol. The van der Waals surface area contributed by atoms with Gasteiger partial charge in [-0.15, -0.1) is 0 Å². The summed E-state index contributed by atoms with van der Waals surface area (Å²) in [7, 11) is -1.72. The predicted octanol–water partition coefficient (Wildman–Crippen LogP) is 4.09. The minimum atomic E-state index is -3.83. The van der Waals surface area contributed by atoms with Crippen LogP contribution in [0.2, 0.25) is 10.0 Å². The molecule has 1 aliphatic rings. The van der Waals surface area contributed by atoms with Crippen LogP contribution in [0.4, 0.5) is 11.4 Å². The maximum absolute atomic E-state index is 12.8. The lowest BCUT2D eigenvalue weighted by atomic mass is 10.1. The van der Waals surface area contributed by atoms with Gasteiger partial charge in [0.05, 0.1) is 10.4 Å². The van der Waals surface area contributed by atoms with Crippen molar-refractivity contribution in [2.45, 2.75) is 4.90 Å². The molecule has 2 aromatic carbocycles. The summed E-state index contributed by atoms with van der Waals surface area (Å²) >= 11 is 11.9. The van der Waals surface area contributed by atoms with Gasteiger partial charge in [0.2, 0.25) is 0 Å². The average molecular weight is 451 g/mol. The van der Waals surface area contributed by atoms with Crippen LogP contribution in [0.3, 0.4) is 0 Å². The highest BCUT2D eigenvalue weighted by molar-refractivity contribution is 7.92. The predicted molar refractivity (Wildman–Crippen MR) is 119 cm³/mol.